The maximum absolute atomic E-state index is 12.6. The van der Waals surface area contributed by atoms with Gasteiger partial charge in [-0.3, -0.25) is 9.69 Å². The number of aromatic hydroxyl groups is 1. The largest absolute Gasteiger partial charge is 0.506 e. The highest BCUT2D eigenvalue weighted by atomic mass is 35.5. The molecule has 0 bridgehead atoms. The summed E-state index contributed by atoms with van der Waals surface area (Å²) in [7, 11) is 0. The summed E-state index contributed by atoms with van der Waals surface area (Å²) in [5.41, 5.74) is 2.80. The topological polar surface area (TPSA) is 69.2 Å². The van der Waals surface area contributed by atoms with Crippen molar-refractivity contribution in [2.24, 2.45) is 0 Å². The Labute approximate surface area is 158 Å². The van der Waals surface area contributed by atoms with E-state index >= 15 is 0 Å². The minimum absolute atomic E-state index is 0.0176. The number of nitrogens with zero attached hydrogens (tertiary/aromatic N) is 2. The molecule has 0 amide bonds. The number of fused-ring (bicyclic) bond motifs is 1. The van der Waals surface area contributed by atoms with Crippen molar-refractivity contribution in [3.63, 3.8) is 0 Å². The summed E-state index contributed by atoms with van der Waals surface area (Å²) in [5, 5.41) is 9.91. The molecular formula is C20H24ClN3O2. The highest BCUT2D eigenvalue weighted by molar-refractivity contribution is 6.32. The highest BCUT2D eigenvalue weighted by Crippen LogP contribution is 2.31. The zero-order chi connectivity index (χ0) is 18.1. The Bertz CT molecular complexity index is 859. The van der Waals surface area contributed by atoms with Crippen LogP contribution in [0, 0.1) is 0 Å². The third kappa shape index (κ3) is 3.64. The molecule has 2 aromatic rings. The van der Waals surface area contributed by atoms with Crippen LogP contribution in [0.1, 0.15) is 60.7 Å². The van der Waals surface area contributed by atoms with E-state index in [1.54, 1.807) is 12.1 Å². The maximum atomic E-state index is 12.6. The predicted molar refractivity (Wildman–Crippen MR) is 102 cm³/mol. The normalized spacial score (nSPS) is 18.7. The fraction of sp³-hybridized carbons (Fsp3) is 0.500. The third-order valence-electron chi connectivity index (χ3n) is 5.58. The molecule has 1 fully saturated rings. The van der Waals surface area contributed by atoms with Gasteiger partial charge in [0.15, 0.2) is 0 Å². The minimum atomic E-state index is 0.0176. The molecule has 2 heterocycles. The van der Waals surface area contributed by atoms with Gasteiger partial charge in [0, 0.05) is 32.0 Å². The number of H-pyrrole nitrogens is 1. The molecular weight excluding hydrogens is 350 g/mol. The SMILES string of the molecule is O=c1[nH]c(C2CCCCC2)nc2c1CN(Cc1ccc(O)c(Cl)c1)CC2. The first-order valence-corrected chi connectivity index (χ1v) is 9.79. The Hall–Kier alpha value is -1.85. The van der Waals surface area contributed by atoms with Crippen LogP contribution < -0.4 is 5.56 Å². The molecule has 4 rings (SSSR count). The van der Waals surface area contributed by atoms with Crippen molar-refractivity contribution in [2.45, 2.75) is 57.5 Å². The van der Waals surface area contributed by atoms with Gasteiger partial charge in [-0.1, -0.05) is 36.9 Å². The number of hydrogen-bond acceptors (Lipinski definition) is 4. The monoisotopic (exact) mass is 373 g/mol. The maximum Gasteiger partial charge on any atom is 0.255 e. The second-order valence-electron chi connectivity index (χ2n) is 7.46. The highest BCUT2D eigenvalue weighted by Gasteiger charge is 2.24. The number of benzene rings is 1. The van der Waals surface area contributed by atoms with Crippen molar-refractivity contribution >= 4 is 11.6 Å². The zero-order valence-electron chi connectivity index (χ0n) is 14.8. The van der Waals surface area contributed by atoms with Crippen LogP contribution in [0.5, 0.6) is 5.75 Å². The molecule has 0 radical (unpaired) electrons. The third-order valence-corrected chi connectivity index (χ3v) is 5.88. The van der Waals surface area contributed by atoms with Gasteiger partial charge in [0.2, 0.25) is 0 Å². The molecule has 1 aliphatic heterocycles. The Morgan fingerprint density at radius 3 is 2.85 bits per heavy atom. The Morgan fingerprint density at radius 1 is 1.27 bits per heavy atom. The van der Waals surface area contributed by atoms with Gasteiger partial charge in [-0.25, -0.2) is 4.98 Å². The first-order chi connectivity index (χ1) is 12.6. The molecule has 1 aromatic heterocycles. The smallest absolute Gasteiger partial charge is 0.255 e. The quantitative estimate of drug-likeness (QED) is 0.860. The first kappa shape index (κ1) is 17.6. The van der Waals surface area contributed by atoms with E-state index < -0.39 is 0 Å². The number of aromatic nitrogens is 2. The molecule has 0 atom stereocenters. The molecule has 5 nitrogen and oxygen atoms in total. The molecule has 1 aromatic carbocycles. The molecule has 0 spiro atoms. The van der Waals surface area contributed by atoms with Crippen molar-refractivity contribution in [3.8, 4) is 5.75 Å². The summed E-state index contributed by atoms with van der Waals surface area (Å²) in [5.74, 6) is 1.40. The fourth-order valence-electron chi connectivity index (χ4n) is 4.11. The Kier molecular flexibility index (Phi) is 5.00. The lowest BCUT2D eigenvalue weighted by molar-refractivity contribution is 0.241. The van der Waals surface area contributed by atoms with Crippen LogP contribution in [0.3, 0.4) is 0 Å². The summed E-state index contributed by atoms with van der Waals surface area (Å²) in [6, 6.07) is 5.26. The summed E-state index contributed by atoms with van der Waals surface area (Å²) < 4.78 is 0. The predicted octanol–water partition coefficient (Wildman–Crippen LogP) is 3.73. The summed E-state index contributed by atoms with van der Waals surface area (Å²) in [6.07, 6.45) is 6.82. The van der Waals surface area contributed by atoms with E-state index in [2.05, 4.69) is 9.88 Å². The molecule has 138 valence electrons. The van der Waals surface area contributed by atoms with Crippen LogP contribution in [0.4, 0.5) is 0 Å². The van der Waals surface area contributed by atoms with E-state index in [9.17, 15) is 9.90 Å². The summed E-state index contributed by atoms with van der Waals surface area (Å²) >= 11 is 6.00. The van der Waals surface area contributed by atoms with Crippen molar-refractivity contribution < 1.29 is 5.11 Å². The minimum Gasteiger partial charge on any atom is -0.506 e. The van der Waals surface area contributed by atoms with Gasteiger partial charge in [0.1, 0.15) is 11.6 Å². The van der Waals surface area contributed by atoms with Crippen molar-refractivity contribution in [1.82, 2.24) is 14.9 Å². The number of aromatic amines is 1. The number of phenolic OH excluding ortho intramolecular Hbond substituents is 1. The molecule has 0 saturated heterocycles. The van der Waals surface area contributed by atoms with Crippen LogP contribution in [0.2, 0.25) is 5.02 Å². The summed E-state index contributed by atoms with van der Waals surface area (Å²) in [6.45, 7) is 2.16. The van der Waals surface area contributed by atoms with Crippen LogP contribution in [0.25, 0.3) is 0 Å². The average Bonchev–Trinajstić information content (AvgIpc) is 2.66. The number of phenols is 1. The van der Waals surface area contributed by atoms with Crippen LogP contribution in [0.15, 0.2) is 23.0 Å². The van der Waals surface area contributed by atoms with Crippen molar-refractivity contribution in [3.05, 3.63) is 56.2 Å². The number of rotatable bonds is 3. The van der Waals surface area contributed by atoms with E-state index in [-0.39, 0.29) is 11.3 Å². The Morgan fingerprint density at radius 2 is 2.08 bits per heavy atom. The first-order valence-electron chi connectivity index (χ1n) is 9.42. The van der Waals surface area contributed by atoms with Crippen molar-refractivity contribution in [1.29, 1.82) is 0 Å². The second-order valence-corrected chi connectivity index (χ2v) is 7.86. The number of hydrogen-bond donors (Lipinski definition) is 2. The van der Waals surface area contributed by atoms with Crippen LogP contribution >= 0.6 is 11.6 Å². The van der Waals surface area contributed by atoms with Gasteiger partial charge in [-0.05, 0) is 30.5 Å². The van der Waals surface area contributed by atoms with Gasteiger partial charge in [-0.15, -0.1) is 0 Å². The van der Waals surface area contributed by atoms with Crippen molar-refractivity contribution in [2.75, 3.05) is 6.54 Å². The lowest BCUT2D eigenvalue weighted by atomic mass is 9.88. The van der Waals surface area contributed by atoms with Gasteiger partial charge < -0.3 is 10.1 Å². The van der Waals surface area contributed by atoms with Gasteiger partial charge >= 0.3 is 0 Å². The average molecular weight is 374 g/mol. The lowest BCUT2D eigenvalue weighted by Crippen LogP contribution is -2.36. The number of nitrogens with one attached hydrogen (secondary N) is 1. The van der Waals surface area contributed by atoms with Crippen LogP contribution in [-0.4, -0.2) is 26.5 Å². The van der Waals surface area contributed by atoms with E-state index in [4.69, 9.17) is 16.6 Å². The van der Waals surface area contributed by atoms with E-state index in [0.717, 1.165) is 48.5 Å². The Balaban J connectivity index is 1.51. The van der Waals surface area contributed by atoms with Gasteiger partial charge in [0.05, 0.1) is 16.3 Å². The van der Waals surface area contributed by atoms with E-state index in [0.29, 0.717) is 24.0 Å². The number of halogens is 1. The molecule has 1 saturated carbocycles. The molecule has 2 aliphatic rings. The second kappa shape index (κ2) is 7.41. The lowest BCUT2D eigenvalue weighted by Gasteiger charge is -2.29. The van der Waals surface area contributed by atoms with Crippen LogP contribution in [-0.2, 0) is 19.5 Å². The summed E-state index contributed by atoms with van der Waals surface area (Å²) in [4.78, 5) is 22.8. The molecule has 1 aliphatic carbocycles. The van der Waals surface area contributed by atoms with E-state index in [1.165, 1.54) is 19.3 Å². The standard InChI is InChI=1S/C20H24ClN3O2/c21-16-10-13(6-7-18(16)25)11-24-9-8-17-15(12-24)20(26)23-19(22-17)14-4-2-1-3-5-14/h6-7,10,14,25H,1-5,8-9,11-12H2,(H,22,23,26). The molecule has 26 heavy (non-hydrogen) atoms. The molecule has 0 unspecified atom stereocenters. The molecule has 2 N–H and O–H groups in total. The fourth-order valence-corrected chi connectivity index (χ4v) is 4.31. The zero-order valence-corrected chi connectivity index (χ0v) is 15.6. The van der Waals surface area contributed by atoms with E-state index in [1.807, 2.05) is 6.07 Å². The van der Waals surface area contributed by atoms with Gasteiger partial charge in [-0.2, -0.15) is 0 Å². The molecule has 6 heteroatoms. The van der Waals surface area contributed by atoms with Gasteiger partial charge in [0.25, 0.3) is 5.56 Å².